The number of aldehydes is 1. The van der Waals surface area contributed by atoms with Gasteiger partial charge in [-0.3, -0.25) is 14.9 Å². The van der Waals surface area contributed by atoms with Crippen LogP contribution in [-0.4, -0.2) is 30.2 Å². The van der Waals surface area contributed by atoms with Crippen LogP contribution in [0.25, 0.3) is 11.3 Å². The number of carbonyl (C=O) groups is 1. The van der Waals surface area contributed by atoms with E-state index >= 15 is 0 Å². The fourth-order valence-corrected chi connectivity index (χ4v) is 1.73. The van der Waals surface area contributed by atoms with Crippen molar-refractivity contribution in [1.82, 2.24) is 0 Å². The summed E-state index contributed by atoms with van der Waals surface area (Å²) in [4.78, 5) is 20.7. The van der Waals surface area contributed by atoms with Crippen molar-refractivity contribution in [2.24, 2.45) is 0 Å². The Hall–Kier alpha value is -2.91. The predicted molar refractivity (Wildman–Crippen MR) is 72.6 cm³/mol. The van der Waals surface area contributed by atoms with Crippen LogP contribution in [0.4, 0.5) is 23.2 Å². The molecule has 10 heteroatoms. The molecular weight excluding hydrogens is 338 g/mol. The Labute approximate surface area is 131 Å². The summed E-state index contributed by atoms with van der Waals surface area (Å²) in [5, 5.41) is 10.9. The van der Waals surface area contributed by atoms with Crippen molar-refractivity contribution in [3.05, 3.63) is 46.2 Å². The smallest absolute Gasteiger partial charge is 0.340 e. The number of nitro groups is 1. The highest BCUT2D eigenvalue weighted by atomic mass is 19.3. The second-order valence-electron chi connectivity index (χ2n) is 4.64. The molecule has 0 aliphatic carbocycles. The molecule has 128 valence electrons. The minimum Gasteiger partial charge on any atom is -0.487 e. The quantitative estimate of drug-likeness (QED) is 0.328. The molecule has 0 atom stereocenters. The predicted octanol–water partition coefficient (Wildman–Crippen LogP) is 3.95. The van der Waals surface area contributed by atoms with Crippen molar-refractivity contribution in [3.63, 3.8) is 0 Å². The van der Waals surface area contributed by atoms with E-state index in [0.29, 0.717) is 6.29 Å². The largest absolute Gasteiger partial charge is 0.487 e. The second kappa shape index (κ2) is 6.69. The Balaban J connectivity index is 2.34. The van der Waals surface area contributed by atoms with Gasteiger partial charge in [0.1, 0.15) is 11.5 Å². The van der Waals surface area contributed by atoms with Crippen molar-refractivity contribution >= 4 is 12.0 Å². The van der Waals surface area contributed by atoms with Gasteiger partial charge in [-0.25, -0.2) is 8.78 Å². The lowest BCUT2D eigenvalue weighted by molar-refractivity contribution is -0.384. The first kappa shape index (κ1) is 17.4. The standard InChI is InChI=1S/C14H9F4NO5/c15-13(16)14(17,18)7-23-11-4-8(3-9(5-11)19(21)22)12-2-1-10(6-20)24-12/h1-6,13H,7H2. The molecule has 0 saturated carbocycles. The summed E-state index contributed by atoms with van der Waals surface area (Å²) in [6.45, 7) is -1.65. The summed E-state index contributed by atoms with van der Waals surface area (Å²) < 4.78 is 59.7. The van der Waals surface area contributed by atoms with E-state index in [1.54, 1.807) is 0 Å². The molecule has 0 bridgehead atoms. The number of non-ortho nitro benzene ring substituents is 1. The number of halogens is 4. The molecule has 0 radical (unpaired) electrons. The van der Waals surface area contributed by atoms with Crippen LogP contribution in [0.2, 0.25) is 0 Å². The lowest BCUT2D eigenvalue weighted by Gasteiger charge is -2.16. The lowest BCUT2D eigenvalue weighted by Crippen LogP contribution is -2.33. The molecule has 0 aliphatic rings. The lowest BCUT2D eigenvalue weighted by atomic mass is 10.1. The van der Waals surface area contributed by atoms with Crippen molar-refractivity contribution in [3.8, 4) is 17.1 Å². The van der Waals surface area contributed by atoms with Crippen LogP contribution in [0.1, 0.15) is 10.6 Å². The number of carbonyl (C=O) groups excluding carboxylic acids is 1. The van der Waals surface area contributed by atoms with E-state index in [9.17, 15) is 32.5 Å². The van der Waals surface area contributed by atoms with E-state index in [-0.39, 0.29) is 17.1 Å². The minimum absolute atomic E-state index is 0.0475. The fraction of sp³-hybridized carbons (Fsp3) is 0.214. The maximum Gasteiger partial charge on any atom is 0.340 e. The third-order valence-electron chi connectivity index (χ3n) is 2.88. The molecule has 0 aliphatic heterocycles. The Bertz CT molecular complexity index is 759. The van der Waals surface area contributed by atoms with Crippen LogP contribution in [0, 0.1) is 10.1 Å². The SMILES string of the molecule is O=Cc1ccc(-c2cc(OCC(F)(F)C(F)F)cc([N+](=O)[O-])c2)o1. The van der Waals surface area contributed by atoms with Crippen LogP contribution >= 0.6 is 0 Å². The van der Waals surface area contributed by atoms with Gasteiger partial charge in [-0.05, 0) is 18.2 Å². The summed E-state index contributed by atoms with van der Waals surface area (Å²) in [6.07, 6.45) is -3.53. The highest BCUT2D eigenvalue weighted by molar-refractivity contribution is 5.73. The fourth-order valence-electron chi connectivity index (χ4n) is 1.73. The number of alkyl halides is 4. The van der Waals surface area contributed by atoms with E-state index in [2.05, 4.69) is 4.74 Å². The van der Waals surface area contributed by atoms with Gasteiger partial charge in [0.25, 0.3) is 5.69 Å². The Morgan fingerprint density at radius 3 is 2.54 bits per heavy atom. The average Bonchev–Trinajstić information content (AvgIpc) is 3.01. The van der Waals surface area contributed by atoms with Crippen LogP contribution in [0.3, 0.4) is 0 Å². The molecule has 1 heterocycles. The maximum atomic E-state index is 12.9. The molecule has 2 rings (SSSR count). The number of nitrogens with zero attached hydrogens (tertiary/aromatic N) is 1. The Morgan fingerprint density at radius 1 is 1.29 bits per heavy atom. The summed E-state index contributed by atoms with van der Waals surface area (Å²) in [6, 6.07) is 5.61. The molecule has 24 heavy (non-hydrogen) atoms. The average molecular weight is 347 g/mol. The van der Waals surface area contributed by atoms with E-state index in [0.717, 1.165) is 18.2 Å². The number of benzene rings is 1. The first-order chi connectivity index (χ1) is 11.2. The summed E-state index contributed by atoms with van der Waals surface area (Å²) >= 11 is 0. The van der Waals surface area contributed by atoms with E-state index in [1.165, 1.54) is 12.1 Å². The van der Waals surface area contributed by atoms with Crippen LogP contribution in [0.5, 0.6) is 5.75 Å². The van der Waals surface area contributed by atoms with Gasteiger partial charge in [0, 0.05) is 11.6 Å². The molecule has 0 amide bonds. The number of hydrogen-bond acceptors (Lipinski definition) is 5. The zero-order valence-corrected chi connectivity index (χ0v) is 11.7. The number of hydrogen-bond donors (Lipinski definition) is 0. The molecular formula is C14H9F4NO5. The van der Waals surface area contributed by atoms with Gasteiger partial charge < -0.3 is 9.15 Å². The maximum absolute atomic E-state index is 12.9. The molecule has 0 fully saturated rings. The van der Waals surface area contributed by atoms with E-state index in [1.807, 2.05) is 0 Å². The van der Waals surface area contributed by atoms with E-state index in [4.69, 9.17) is 4.42 Å². The molecule has 0 spiro atoms. The van der Waals surface area contributed by atoms with Crippen molar-refractivity contribution < 1.29 is 36.4 Å². The first-order valence-electron chi connectivity index (χ1n) is 6.36. The van der Waals surface area contributed by atoms with Gasteiger partial charge in [-0.15, -0.1) is 0 Å². The number of rotatable bonds is 7. The van der Waals surface area contributed by atoms with Gasteiger partial charge >= 0.3 is 12.3 Å². The van der Waals surface area contributed by atoms with E-state index < -0.39 is 35.3 Å². The normalized spacial score (nSPS) is 11.5. The topological polar surface area (TPSA) is 82.6 Å². The molecule has 0 unspecified atom stereocenters. The number of furan rings is 1. The Morgan fingerprint density at radius 2 is 2.00 bits per heavy atom. The van der Waals surface area contributed by atoms with Crippen LogP contribution in [0.15, 0.2) is 34.7 Å². The molecule has 0 N–H and O–H groups in total. The molecule has 2 aromatic rings. The van der Waals surface area contributed by atoms with Crippen molar-refractivity contribution in [2.75, 3.05) is 6.61 Å². The number of nitro benzene ring substituents is 1. The zero-order chi connectivity index (χ0) is 17.9. The van der Waals surface area contributed by atoms with Gasteiger partial charge in [0.05, 0.1) is 11.0 Å². The summed E-state index contributed by atoms with van der Waals surface area (Å²) in [5.74, 6) is -4.82. The molecule has 6 nitrogen and oxygen atoms in total. The first-order valence-corrected chi connectivity index (χ1v) is 6.36. The third-order valence-corrected chi connectivity index (χ3v) is 2.88. The van der Waals surface area contributed by atoms with Crippen LogP contribution < -0.4 is 4.74 Å². The van der Waals surface area contributed by atoms with Crippen molar-refractivity contribution in [1.29, 1.82) is 0 Å². The van der Waals surface area contributed by atoms with Gasteiger partial charge in [0.15, 0.2) is 18.7 Å². The molecule has 1 aromatic heterocycles. The molecule has 0 saturated heterocycles. The third kappa shape index (κ3) is 3.89. The van der Waals surface area contributed by atoms with Gasteiger partial charge in [0.2, 0.25) is 0 Å². The second-order valence-corrected chi connectivity index (χ2v) is 4.64. The van der Waals surface area contributed by atoms with Crippen LogP contribution in [-0.2, 0) is 0 Å². The Kier molecular flexibility index (Phi) is 4.86. The monoisotopic (exact) mass is 347 g/mol. The molecule has 1 aromatic carbocycles. The van der Waals surface area contributed by atoms with Gasteiger partial charge in [-0.2, -0.15) is 8.78 Å². The minimum atomic E-state index is -4.40. The summed E-state index contributed by atoms with van der Waals surface area (Å²) in [7, 11) is 0. The highest BCUT2D eigenvalue weighted by Crippen LogP contribution is 2.32. The van der Waals surface area contributed by atoms with Gasteiger partial charge in [-0.1, -0.05) is 0 Å². The highest BCUT2D eigenvalue weighted by Gasteiger charge is 2.41. The zero-order valence-electron chi connectivity index (χ0n) is 11.7. The number of ether oxygens (including phenoxy) is 1. The summed E-state index contributed by atoms with van der Waals surface area (Å²) in [5.41, 5.74) is -0.459. The van der Waals surface area contributed by atoms with Crippen molar-refractivity contribution in [2.45, 2.75) is 12.3 Å².